The molecule has 7 nitrogen and oxygen atoms in total. The number of amides is 2. The van der Waals surface area contributed by atoms with Crippen molar-refractivity contribution in [1.29, 1.82) is 0 Å². The first-order valence-electron chi connectivity index (χ1n) is 12.4. The number of aryl methyl sites for hydroxylation is 1. The monoisotopic (exact) mass is 555 g/mol. The van der Waals surface area contributed by atoms with E-state index in [1.54, 1.807) is 37.3 Å². The summed E-state index contributed by atoms with van der Waals surface area (Å²) < 4.78 is 28.6. The first-order valence-corrected chi connectivity index (χ1v) is 14.3. The van der Waals surface area contributed by atoms with Crippen LogP contribution in [0.5, 0.6) is 0 Å². The van der Waals surface area contributed by atoms with Crippen LogP contribution >= 0.6 is 11.6 Å². The second-order valence-electron chi connectivity index (χ2n) is 9.63. The highest BCUT2D eigenvalue weighted by Crippen LogP contribution is 2.27. The molecule has 0 saturated carbocycles. The van der Waals surface area contributed by atoms with E-state index >= 15 is 0 Å². The van der Waals surface area contributed by atoms with E-state index in [4.69, 9.17) is 11.6 Å². The van der Waals surface area contributed by atoms with Gasteiger partial charge in [0.2, 0.25) is 11.8 Å². The molecule has 3 aromatic carbocycles. The van der Waals surface area contributed by atoms with E-state index in [0.29, 0.717) is 11.6 Å². The zero-order valence-electron chi connectivity index (χ0n) is 22.1. The van der Waals surface area contributed by atoms with Gasteiger partial charge in [-0.1, -0.05) is 79.5 Å². The van der Waals surface area contributed by atoms with Crippen molar-refractivity contribution in [2.75, 3.05) is 17.4 Å². The van der Waals surface area contributed by atoms with Gasteiger partial charge in [-0.25, -0.2) is 8.42 Å². The predicted octanol–water partition coefficient (Wildman–Crippen LogP) is 5.03. The lowest BCUT2D eigenvalue weighted by atomic mass is 10.1. The SMILES string of the molecule is Cc1ccc(S(=O)(=O)N(CC(=O)N(Cc2ccccc2)C(C)C(=O)NCC(C)C)c2cccc(Cl)c2)cc1. The lowest BCUT2D eigenvalue weighted by Gasteiger charge is -2.32. The minimum Gasteiger partial charge on any atom is -0.354 e. The second-order valence-corrected chi connectivity index (χ2v) is 11.9. The van der Waals surface area contributed by atoms with Crippen LogP contribution in [0.3, 0.4) is 0 Å². The zero-order valence-corrected chi connectivity index (χ0v) is 23.7. The van der Waals surface area contributed by atoms with E-state index in [0.717, 1.165) is 15.4 Å². The van der Waals surface area contributed by atoms with Crippen LogP contribution in [-0.4, -0.2) is 44.3 Å². The number of carbonyl (C=O) groups excluding carboxylic acids is 2. The molecule has 1 N–H and O–H groups in total. The van der Waals surface area contributed by atoms with E-state index in [1.807, 2.05) is 51.1 Å². The maximum absolute atomic E-state index is 13.8. The quantitative estimate of drug-likeness (QED) is 0.359. The number of halogens is 1. The summed E-state index contributed by atoms with van der Waals surface area (Å²) >= 11 is 6.19. The Morgan fingerprint density at radius 3 is 2.18 bits per heavy atom. The molecule has 0 aliphatic rings. The van der Waals surface area contributed by atoms with Crippen LogP contribution in [0.1, 0.15) is 31.9 Å². The first-order chi connectivity index (χ1) is 18.0. The fourth-order valence-corrected chi connectivity index (χ4v) is 5.40. The summed E-state index contributed by atoms with van der Waals surface area (Å²) in [5.74, 6) is -0.585. The molecular weight excluding hydrogens is 522 g/mol. The summed E-state index contributed by atoms with van der Waals surface area (Å²) in [5.41, 5.74) is 1.98. The lowest BCUT2D eigenvalue weighted by molar-refractivity contribution is -0.139. The summed E-state index contributed by atoms with van der Waals surface area (Å²) in [7, 11) is -4.13. The third-order valence-corrected chi connectivity index (χ3v) is 8.05. The molecule has 0 aromatic heterocycles. The molecule has 0 spiro atoms. The normalized spacial score (nSPS) is 12.2. The summed E-state index contributed by atoms with van der Waals surface area (Å²) in [4.78, 5) is 28.3. The molecule has 3 rings (SSSR count). The van der Waals surface area contributed by atoms with Crippen LogP contribution in [0, 0.1) is 12.8 Å². The molecule has 2 amide bonds. The maximum atomic E-state index is 13.8. The highest BCUT2D eigenvalue weighted by atomic mass is 35.5. The zero-order chi connectivity index (χ0) is 27.9. The van der Waals surface area contributed by atoms with Crippen LogP contribution in [-0.2, 0) is 26.2 Å². The minimum atomic E-state index is -4.13. The average molecular weight is 556 g/mol. The number of rotatable bonds is 11. The number of benzene rings is 3. The Morgan fingerprint density at radius 1 is 0.921 bits per heavy atom. The molecule has 0 bridgehead atoms. The van der Waals surface area contributed by atoms with Crippen molar-refractivity contribution >= 4 is 39.1 Å². The molecule has 1 atom stereocenters. The van der Waals surface area contributed by atoms with Crippen LogP contribution in [0.2, 0.25) is 5.02 Å². The fourth-order valence-electron chi connectivity index (χ4n) is 3.81. The van der Waals surface area contributed by atoms with Gasteiger partial charge in [-0.05, 0) is 55.7 Å². The summed E-state index contributed by atoms with van der Waals surface area (Å²) in [6, 6.07) is 21.2. The van der Waals surface area contributed by atoms with Crippen LogP contribution < -0.4 is 9.62 Å². The molecule has 0 fully saturated rings. The number of carbonyl (C=O) groups is 2. The van der Waals surface area contributed by atoms with Gasteiger partial charge in [0.15, 0.2) is 0 Å². The molecular formula is C29H34ClN3O4S. The maximum Gasteiger partial charge on any atom is 0.264 e. The third-order valence-electron chi connectivity index (χ3n) is 6.03. The Labute approximate surface area is 230 Å². The second kappa shape index (κ2) is 12.9. The van der Waals surface area contributed by atoms with Gasteiger partial charge < -0.3 is 10.2 Å². The first kappa shape index (κ1) is 29.2. The van der Waals surface area contributed by atoms with Gasteiger partial charge in [0.1, 0.15) is 12.6 Å². The minimum absolute atomic E-state index is 0.0493. The molecule has 3 aromatic rings. The standard InChI is InChI=1S/C29H34ClN3O4S/c1-21(2)18-31-29(35)23(4)32(19-24-9-6-5-7-10-24)28(34)20-33(26-12-8-11-25(30)17-26)38(36,37)27-15-13-22(3)14-16-27/h5-17,21,23H,18-20H2,1-4H3,(H,31,35). The Bertz CT molecular complexity index is 1350. The van der Waals surface area contributed by atoms with Gasteiger partial charge in [0.05, 0.1) is 10.6 Å². The van der Waals surface area contributed by atoms with Crippen molar-refractivity contribution in [2.24, 2.45) is 5.92 Å². The number of sulfonamides is 1. The van der Waals surface area contributed by atoms with E-state index in [1.165, 1.54) is 23.1 Å². The van der Waals surface area contributed by atoms with E-state index in [9.17, 15) is 18.0 Å². The van der Waals surface area contributed by atoms with Gasteiger partial charge in [-0.3, -0.25) is 13.9 Å². The van der Waals surface area contributed by atoms with Crippen molar-refractivity contribution in [3.63, 3.8) is 0 Å². The molecule has 38 heavy (non-hydrogen) atoms. The number of nitrogens with one attached hydrogen (secondary N) is 1. The Hall–Kier alpha value is -3.36. The summed E-state index contributed by atoms with van der Waals surface area (Å²) in [6.07, 6.45) is 0. The van der Waals surface area contributed by atoms with Crippen molar-refractivity contribution in [2.45, 2.75) is 45.2 Å². The molecule has 0 heterocycles. The van der Waals surface area contributed by atoms with Gasteiger partial charge in [0.25, 0.3) is 10.0 Å². The highest BCUT2D eigenvalue weighted by molar-refractivity contribution is 7.92. The largest absolute Gasteiger partial charge is 0.354 e. The van der Waals surface area contributed by atoms with Crippen LogP contribution in [0.25, 0.3) is 0 Å². The molecule has 0 saturated heterocycles. The van der Waals surface area contributed by atoms with E-state index in [2.05, 4.69) is 5.32 Å². The topological polar surface area (TPSA) is 86.8 Å². The van der Waals surface area contributed by atoms with Gasteiger partial charge >= 0.3 is 0 Å². The molecule has 1 unspecified atom stereocenters. The Kier molecular flexibility index (Phi) is 9.94. The smallest absolute Gasteiger partial charge is 0.264 e. The summed E-state index contributed by atoms with van der Waals surface area (Å²) in [5, 5.41) is 3.21. The predicted molar refractivity (Wildman–Crippen MR) is 151 cm³/mol. The van der Waals surface area contributed by atoms with Crippen molar-refractivity contribution in [3.8, 4) is 0 Å². The number of nitrogens with zero attached hydrogens (tertiary/aromatic N) is 2. The van der Waals surface area contributed by atoms with E-state index in [-0.39, 0.29) is 29.0 Å². The van der Waals surface area contributed by atoms with Crippen molar-refractivity contribution in [1.82, 2.24) is 10.2 Å². The molecule has 0 radical (unpaired) electrons. The number of anilines is 1. The van der Waals surface area contributed by atoms with Gasteiger partial charge in [0, 0.05) is 18.1 Å². The molecule has 0 aliphatic carbocycles. The van der Waals surface area contributed by atoms with Crippen LogP contribution in [0.4, 0.5) is 5.69 Å². The number of hydrogen-bond donors (Lipinski definition) is 1. The fraction of sp³-hybridized carbons (Fsp3) is 0.310. The average Bonchev–Trinajstić information content (AvgIpc) is 2.89. The van der Waals surface area contributed by atoms with Crippen LogP contribution in [0.15, 0.2) is 83.8 Å². The lowest BCUT2D eigenvalue weighted by Crippen LogP contribution is -2.51. The van der Waals surface area contributed by atoms with E-state index < -0.39 is 28.5 Å². The highest BCUT2D eigenvalue weighted by Gasteiger charge is 2.32. The summed E-state index contributed by atoms with van der Waals surface area (Å²) in [6.45, 7) is 7.58. The van der Waals surface area contributed by atoms with Crippen molar-refractivity contribution in [3.05, 3.63) is 95.0 Å². The van der Waals surface area contributed by atoms with Gasteiger partial charge in [-0.15, -0.1) is 0 Å². The van der Waals surface area contributed by atoms with Gasteiger partial charge in [-0.2, -0.15) is 0 Å². The molecule has 9 heteroatoms. The Morgan fingerprint density at radius 2 is 1.58 bits per heavy atom. The Balaban J connectivity index is 2.00. The third kappa shape index (κ3) is 7.58. The number of hydrogen-bond acceptors (Lipinski definition) is 4. The molecule has 202 valence electrons. The molecule has 0 aliphatic heterocycles. The van der Waals surface area contributed by atoms with Crippen molar-refractivity contribution < 1.29 is 18.0 Å².